The van der Waals surface area contributed by atoms with E-state index in [9.17, 15) is 0 Å². The predicted molar refractivity (Wildman–Crippen MR) is 86.0 cm³/mol. The first-order valence-corrected chi connectivity index (χ1v) is 8.91. The first-order chi connectivity index (χ1) is 9.24. The molecule has 1 N–H and O–H groups in total. The van der Waals surface area contributed by atoms with Crippen LogP contribution in [0.3, 0.4) is 0 Å². The van der Waals surface area contributed by atoms with Gasteiger partial charge in [0.25, 0.3) is 0 Å². The highest BCUT2D eigenvalue weighted by Crippen LogP contribution is 2.29. The van der Waals surface area contributed by atoms with Gasteiger partial charge in [-0.15, -0.1) is 16.4 Å². The summed E-state index contributed by atoms with van der Waals surface area (Å²) in [6, 6.07) is 4.64. The third kappa shape index (κ3) is 4.08. The lowest BCUT2D eigenvalue weighted by atomic mass is 10.1. The van der Waals surface area contributed by atoms with Crippen molar-refractivity contribution in [3.05, 3.63) is 31.4 Å². The minimum Gasteiger partial charge on any atom is -0.309 e. The molecule has 0 saturated heterocycles. The molecule has 0 radical (unpaired) electrons. The number of aromatic nitrogens is 2. The van der Waals surface area contributed by atoms with Crippen LogP contribution < -0.4 is 5.32 Å². The van der Waals surface area contributed by atoms with E-state index in [1.165, 1.54) is 25.1 Å². The summed E-state index contributed by atoms with van der Waals surface area (Å²) in [4.78, 5) is 2.68. The molecular formula is C13H18BrN3S2. The van der Waals surface area contributed by atoms with E-state index in [0.717, 1.165) is 31.5 Å². The van der Waals surface area contributed by atoms with Gasteiger partial charge in [0.1, 0.15) is 0 Å². The van der Waals surface area contributed by atoms with Crippen LogP contribution in [0.2, 0.25) is 0 Å². The number of nitrogens with zero attached hydrogens (tertiary/aromatic N) is 2. The highest BCUT2D eigenvalue weighted by molar-refractivity contribution is 9.11. The van der Waals surface area contributed by atoms with Gasteiger partial charge in [-0.3, -0.25) is 0 Å². The lowest BCUT2D eigenvalue weighted by molar-refractivity contribution is 0.535. The molecule has 0 spiro atoms. The van der Waals surface area contributed by atoms with Crippen LogP contribution >= 0.6 is 38.8 Å². The van der Waals surface area contributed by atoms with Crippen LogP contribution in [0.15, 0.2) is 15.9 Å². The second-order valence-electron chi connectivity index (χ2n) is 4.35. The maximum absolute atomic E-state index is 4.23. The maximum atomic E-state index is 4.23. The van der Waals surface area contributed by atoms with Gasteiger partial charge < -0.3 is 5.32 Å². The molecule has 0 aliphatic heterocycles. The van der Waals surface area contributed by atoms with Crippen LogP contribution in [-0.4, -0.2) is 16.1 Å². The Hall–Kier alpha value is -0.300. The largest absolute Gasteiger partial charge is 0.309 e. The van der Waals surface area contributed by atoms with Crippen molar-refractivity contribution in [2.75, 3.05) is 6.54 Å². The van der Waals surface area contributed by atoms with E-state index in [-0.39, 0.29) is 0 Å². The van der Waals surface area contributed by atoms with E-state index in [4.69, 9.17) is 0 Å². The quantitative estimate of drug-likeness (QED) is 0.804. The monoisotopic (exact) mass is 359 g/mol. The SMILES string of the molecule is CCCNC(Cc1ccc(Br)s1)c1snnc1CC. The number of rotatable bonds is 7. The van der Waals surface area contributed by atoms with Crippen LogP contribution in [0.4, 0.5) is 0 Å². The first-order valence-electron chi connectivity index (χ1n) is 6.53. The molecular weight excluding hydrogens is 342 g/mol. The average Bonchev–Trinajstić information content (AvgIpc) is 3.03. The van der Waals surface area contributed by atoms with Crippen LogP contribution in [-0.2, 0) is 12.8 Å². The molecule has 0 amide bonds. The standard InChI is InChI=1S/C13H18BrN3S2/c1-3-7-15-11(8-9-5-6-12(14)18-9)13-10(4-2)16-17-19-13/h5-6,11,15H,3-4,7-8H2,1-2H3. The van der Waals surface area contributed by atoms with Gasteiger partial charge in [-0.1, -0.05) is 18.3 Å². The van der Waals surface area contributed by atoms with Crippen molar-refractivity contribution in [2.45, 2.75) is 39.2 Å². The van der Waals surface area contributed by atoms with E-state index < -0.39 is 0 Å². The summed E-state index contributed by atoms with van der Waals surface area (Å²) < 4.78 is 5.30. The number of halogens is 1. The van der Waals surface area contributed by atoms with Crippen molar-refractivity contribution >= 4 is 38.8 Å². The Kier molecular flexibility index (Phi) is 5.94. The fourth-order valence-electron chi connectivity index (χ4n) is 1.96. The Bertz CT molecular complexity index is 509. The molecule has 104 valence electrons. The average molecular weight is 360 g/mol. The smallest absolute Gasteiger partial charge is 0.0801 e. The number of nitrogens with one attached hydrogen (secondary N) is 1. The fourth-order valence-corrected chi connectivity index (χ4v) is 4.30. The van der Waals surface area contributed by atoms with E-state index in [1.807, 2.05) is 0 Å². The Morgan fingerprint density at radius 3 is 2.84 bits per heavy atom. The third-order valence-corrected chi connectivity index (χ3v) is 5.44. The zero-order chi connectivity index (χ0) is 13.7. The van der Waals surface area contributed by atoms with Crippen molar-refractivity contribution < 1.29 is 0 Å². The summed E-state index contributed by atoms with van der Waals surface area (Å²) in [5.41, 5.74) is 1.13. The minimum absolute atomic E-state index is 0.334. The molecule has 3 nitrogen and oxygen atoms in total. The van der Waals surface area contributed by atoms with E-state index in [1.54, 1.807) is 11.3 Å². The predicted octanol–water partition coefficient (Wildman–Crippen LogP) is 4.21. The van der Waals surface area contributed by atoms with E-state index >= 15 is 0 Å². The lowest BCUT2D eigenvalue weighted by Crippen LogP contribution is -2.24. The molecule has 1 atom stereocenters. The molecule has 0 bridgehead atoms. The molecule has 2 heterocycles. The van der Waals surface area contributed by atoms with Crippen molar-refractivity contribution in [3.8, 4) is 0 Å². The van der Waals surface area contributed by atoms with Crippen molar-refractivity contribution in [3.63, 3.8) is 0 Å². The summed E-state index contributed by atoms with van der Waals surface area (Å²) in [6.07, 6.45) is 3.09. The highest BCUT2D eigenvalue weighted by atomic mass is 79.9. The summed E-state index contributed by atoms with van der Waals surface area (Å²) >= 11 is 6.86. The van der Waals surface area contributed by atoms with Gasteiger partial charge in [0.15, 0.2) is 0 Å². The van der Waals surface area contributed by atoms with Crippen LogP contribution in [0.25, 0.3) is 0 Å². The molecule has 0 aromatic carbocycles. The van der Waals surface area contributed by atoms with Crippen LogP contribution in [0.1, 0.15) is 41.8 Å². The second-order valence-corrected chi connectivity index (χ2v) is 7.69. The molecule has 6 heteroatoms. The van der Waals surface area contributed by atoms with Gasteiger partial charge in [-0.2, -0.15) is 0 Å². The second kappa shape index (κ2) is 7.47. The van der Waals surface area contributed by atoms with Crippen molar-refractivity contribution in [1.82, 2.24) is 14.9 Å². The van der Waals surface area contributed by atoms with E-state index in [0.29, 0.717) is 6.04 Å². The maximum Gasteiger partial charge on any atom is 0.0801 e. The fraction of sp³-hybridized carbons (Fsp3) is 0.538. The zero-order valence-electron chi connectivity index (χ0n) is 11.1. The van der Waals surface area contributed by atoms with Gasteiger partial charge in [0.05, 0.1) is 14.4 Å². The summed E-state index contributed by atoms with van der Waals surface area (Å²) in [5, 5.41) is 7.86. The van der Waals surface area contributed by atoms with Crippen LogP contribution in [0.5, 0.6) is 0 Å². The summed E-state index contributed by atoms with van der Waals surface area (Å²) in [7, 11) is 0. The van der Waals surface area contributed by atoms with E-state index in [2.05, 4.69) is 56.8 Å². The Labute approximate surface area is 130 Å². The third-order valence-electron chi connectivity index (χ3n) is 2.91. The topological polar surface area (TPSA) is 37.8 Å². The number of hydrogen-bond acceptors (Lipinski definition) is 5. The zero-order valence-corrected chi connectivity index (χ0v) is 14.4. The summed E-state index contributed by atoms with van der Waals surface area (Å²) in [5.74, 6) is 0. The van der Waals surface area contributed by atoms with Gasteiger partial charge in [0.2, 0.25) is 0 Å². The van der Waals surface area contributed by atoms with Gasteiger partial charge in [0, 0.05) is 17.3 Å². The lowest BCUT2D eigenvalue weighted by Gasteiger charge is -2.16. The molecule has 1 unspecified atom stereocenters. The van der Waals surface area contributed by atoms with Crippen molar-refractivity contribution in [1.29, 1.82) is 0 Å². The first kappa shape index (κ1) is 15.1. The molecule has 0 aliphatic rings. The normalized spacial score (nSPS) is 12.8. The van der Waals surface area contributed by atoms with Crippen molar-refractivity contribution in [2.24, 2.45) is 0 Å². The number of thiophene rings is 1. The van der Waals surface area contributed by atoms with Gasteiger partial charge in [-0.05, 0) is 59.0 Å². The number of aryl methyl sites for hydroxylation is 1. The molecule has 2 rings (SSSR count). The minimum atomic E-state index is 0.334. The van der Waals surface area contributed by atoms with Gasteiger partial charge >= 0.3 is 0 Å². The molecule has 0 aliphatic carbocycles. The molecule has 2 aromatic heterocycles. The Morgan fingerprint density at radius 1 is 1.37 bits per heavy atom. The summed E-state index contributed by atoms with van der Waals surface area (Å²) in [6.45, 7) is 5.36. The molecule has 19 heavy (non-hydrogen) atoms. The molecule has 2 aromatic rings. The Morgan fingerprint density at radius 2 is 2.21 bits per heavy atom. The molecule has 0 saturated carbocycles. The van der Waals surface area contributed by atoms with Gasteiger partial charge in [-0.25, -0.2) is 0 Å². The number of hydrogen-bond donors (Lipinski definition) is 1. The van der Waals surface area contributed by atoms with Crippen LogP contribution in [0, 0.1) is 0 Å². The Balaban J connectivity index is 2.15. The highest BCUT2D eigenvalue weighted by Gasteiger charge is 2.19. The molecule has 0 fully saturated rings.